The average molecular weight is 323 g/mol. The van der Waals surface area contributed by atoms with Crippen molar-refractivity contribution in [2.24, 2.45) is 17.8 Å². The van der Waals surface area contributed by atoms with Gasteiger partial charge in [-0.15, -0.1) is 0 Å². The molecule has 2 nitrogen and oxygen atoms in total. The summed E-state index contributed by atoms with van der Waals surface area (Å²) in [5.41, 5.74) is 9.11. The molecular formula is C16H23BrN2. The lowest BCUT2D eigenvalue weighted by atomic mass is 9.84. The van der Waals surface area contributed by atoms with Crippen molar-refractivity contribution in [3.8, 4) is 0 Å². The Labute approximate surface area is 124 Å². The second-order valence-electron chi connectivity index (χ2n) is 6.46. The number of rotatable bonds is 3. The quantitative estimate of drug-likeness (QED) is 0.799. The topological polar surface area (TPSA) is 38.0 Å². The molecule has 0 spiro atoms. The molecule has 19 heavy (non-hydrogen) atoms. The van der Waals surface area contributed by atoms with Crippen molar-refractivity contribution in [3.63, 3.8) is 0 Å². The van der Waals surface area contributed by atoms with Crippen LogP contribution < -0.4 is 11.1 Å². The molecule has 2 bridgehead atoms. The van der Waals surface area contributed by atoms with Gasteiger partial charge in [-0.05, 0) is 84.5 Å². The molecule has 3 heteroatoms. The van der Waals surface area contributed by atoms with Crippen LogP contribution in [0.4, 0.5) is 11.4 Å². The lowest BCUT2D eigenvalue weighted by molar-refractivity contribution is 0.304. The summed E-state index contributed by atoms with van der Waals surface area (Å²) in [6, 6.07) is 4.71. The number of nitrogens with two attached hydrogens (primary N) is 1. The smallest absolute Gasteiger partial charge is 0.0490 e. The summed E-state index contributed by atoms with van der Waals surface area (Å²) < 4.78 is 1.07. The number of fused-ring (bicyclic) bond motifs is 2. The van der Waals surface area contributed by atoms with Gasteiger partial charge in [0.25, 0.3) is 0 Å². The van der Waals surface area contributed by atoms with Crippen LogP contribution in [-0.4, -0.2) is 6.04 Å². The second-order valence-corrected chi connectivity index (χ2v) is 7.31. The molecule has 4 atom stereocenters. The number of halogens is 1. The minimum atomic E-state index is 0.551. The van der Waals surface area contributed by atoms with Crippen LogP contribution in [0.1, 0.15) is 38.2 Å². The third-order valence-corrected chi connectivity index (χ3v) is 5.83. The van der Waals surface area contributed by atoms with Gasteiger partial charge in [0.15, 0.2) is 0 Å². The van der Waals surface area contributed by atoms with Gasteiger partial charge in [-0.25, -0.2) is 0 Å². The lowest BCUT2D eigenvalue weighted by Crippen LogP contribution is -2.30. The maximum absolute atomic E-state index is 5.93. The van der Waals surface area contributed by atoms with E-state index in [1.54, 1.807) is 0 Å². The normalized spacial score (nSPS) is 30.6. The third kappa shape index (κ3) is 2.49. The Balaban J connectivity index is 1.73. The van der Waals surface area contributed by atoms with Crippen LogP contribution in [0.2, 0.25) is 0 Å². The van der Waals surface area contributed by atoms with Crippen LogP contribution in [0.15, 0.2) is 16.6 Å². The van der Waals surface area contributed by atoms with E-state index < -0.39 is 0 Å². The molecule has 1 aromatic carbocycles. The summed E-state index contributed by atoms with van der Waals surface area (Å²) in [4.78, 5) is 0. The standard InChI is InChI=1S/C16H23BrN2/c1-9-5-16(14(17)8-15(9)18)19-10(2)13-7-11-3-4-12(13)6-11/h5,8,10-13,19H,3-4,6-7,18H2,1-2H3. The first kappa shape index (κ1) is 13.3. The number of nitrogens with one attached hydrogen (secondary N) is 1. The van der Waals surface area contributed by atoms with E-state index in [-0.39, 0.29) is 0 Å². The van der Waals surface area contributed by atoms with Gasteiger partial charge in [-0.3, -0.25) is 0 Å². The van der Waals surface area contributed by atoms with E-state index in [0.717, 1.165) is 33.5 Å². The van der Waals surface area contributed by atoms with Gasteiger partial charge in [0.1, 0.15) is 0 Å². The van der Waals surface area contributed by atoms with E-state index >= 15 is 0 Å². The van der Waals surface area contributed by atoms with Gasteiger partial charge in [-0.2, -0.15) is 0 Å². The summed E-state index contributed by atoms with van der Waals surface area (Å²) in [6.07, 6.45) is 5.81. The minimum Gasteiger partial charge on any atom is -0.398 e. The Kier molecular flexibility index (Phi) is 3.50. The SMILES string of the molecule is Cc1cc(NC(C)C2CC3CCC2C3)c(Br)cc1N. The molecule has 0 saturated heterocycles. The van der Waals surface area contributed by atoms with E-state index in [9.17, 15) is 0 Å². The van der Waals surface area contributed by atoms with Gasteiger partial charge in [0, 0.05) is 21.9 Å². The van der Waals surface area contributed by atoms with Crippen LogP contribution in [-0.2, 0) is 0 Å². The zero-order valence-electron chi connectivity index (χ0n) is 11.7. The predicted molar refractivity (Wildman–Crippen MR) is 85.3 cm³/mol. The highest BCUT2D eigenvalue weighted by molar-refractivity contribution is 9.10. The Bertz CT molecular complexity index is 486. The molecule has 2 saturated carbocycles. The Hall–Kier alpha value is -0.700. The molecule has 0 amide bonds. The molecule has 2 aliphatic rings. The molecule has 4 unspecified atom stereocenters. The predicted octanol–water partition coefficient (Wildman–Crippen LogP) is 4.58. The first-order chi connectivity index (χ1) is 9.04. The molecule has 2 aliphatic carbocycles. The second kappa shape index (κ2) is 5.01. The highest BCUT2D eigenvalue weighted by atomic mass is 79.9. The van der Waals surface area contributed by atoms with E-state index in [0.29, 0.717) is 6.04 Å². The highest BCUT2D eigenvalue weighted by Gasteiger charge is 2.41. The molecular weight excluding hydrogens is 300 g/mol. The largest absolute Gasteiger partial charge is 0.398 e. The van der Waals surface area contributed by atoms with Crippen molar-refractivity contribution >= 4 is 27.3 Å². The van der Waals surface area contributed by atoms with Gasteiger partial charge < -0.3 is 11.1 Å². The van der Waals surface area contributed by atoms with Crippen LogP contribution in [0.5, 0.6) is 0 Å². The number of nitrogen functional groups attached to an aromatic ring is 1. The van der Waals surface area contributed by atoms with Crippen LogP contribution in [0.25, 0.3) is 0 Å². The monoisotopic (exact) mass is 322 g/mol. The van der Waals surface area contributed by atoms with Gasteiger partial charge in [0.2, 0.25) is 0 Å². The summed E-state index contributed by atoms with van der Waals surface area (Å²) in [7, 11) is 0. The molecule has 0 aromatic heterocycles. The number of hydrogen-bond donors (Lipinski definition) is 2. The van der Waals surface area contributed by atoms with Crippen molar-refractivity contribution in [1.29, 1.82) is 0 Å². The molecule has 3 rings (SSSR count). The van der Waals surface area contributed by atoms with Crippen molar-refractivity contribution in [1.82, 2.24) is 0 Å². The molecule has 2 fully saturated rings. The fourth-order valence-corrected chi connectivity index (χ4v) is 4.54. The zero-order valence-corrected chi connectivity index (χ0v) is 13.3. The molecule has 3 N–H and O–H groups in total. The van der Waals surface area contributed by atoms with Crippen molar-refractivity contribution in [2.45, 2.75) is 45.6 Å². The van der Waals surface area contributed by atoms with Gasteiger partial charge in [-0.1, -0.05) is 6.42 Å². The fourth-order valence-electron chi connectivity index (χ4n) is 4.07. The van der Waals surface area contributed by atoms with Gasteiger partial charge >= 0.3 is 0 Å². The van der Waals surface area contributed by atoms with E-state index in [4.69, 9.17) is 5.73 Å². The van der Waals surface area contributed by atoms with Crippen LogP contribution in [0, 0.1) is 24.7 Å². The minimum absolute atomic E-state index is 0.551. The van der Waals surface area contributed by atoms with Crippen LogP contribution in [0.3, 0.4) is 0 Å². The highest BCUT2D eigenvalue weighted by Crippen LogP contribution is 2.50. The third-order valence-electron chi connectivity index (χ3n) is 5.17. The number of benzene rings is 1. The summed E-state index contributed by atoms with van der Waals surface area (Å²) in [5, 5.41) is 3.70. The maximum atomic E-state index is 5.93. The van der Waals surface area contributed by atoms with Crippen molar-refractivity contribution in [3.05, 3.63) is 22.2 Å². The van der Waals surface area contributed by atoms with Crippen molar-refractivity contribution in [2.75, 3.05) is 11.1 Å². The summed E-state index contributed by atoms with van der Waals surface area (Å²) in [5.74, 6) is 2.82. The maximum Gasteiger partial charge on any atom is 0.0490 e. The molecule has 0 radical (unpaired) electrons. The molecule has 0 heterocycles. The van der Waals surface area contributed by atoms with E-state index in [2.05, 4.69) is 41.2 Å². The Morgan fingerprint density at radius 2 is 2.11 bits per heavy atom. The summed E-state index contributed by atoms with van der Waals surface area (Å²) in [6.45, 7) is 4.40. The first-order valence-corrected chi connectivity index (χ1v) is 8.16. The Morgan fingerprint density at radius 3 is 2.74 bits per heavy atom. The lowest BCUT2D eigenvalue weighted by Gasteiger charge is -2.29. The summed E-state index contributed by atoms with van der Waals surface area (Å²) >= 11 is 3.62. The number of hydrogen-bond acceptors (Lipinski definition) is 2. The fraction of sp³-hybridized carbons (Fsp3) is 0.625. The molecule has 104 valence electrons. The number of aryl methyl sites for hydroxylation is 1. The van der Waals surface area contributed by atoms with E-state index in [1.165, 1.54) is 31.4 Å². The van der Waals surface area contributed by atoms with Gasteiger partial charge in [0.05, 0.1) is 0 Å². The Morgan fingerprint density at radius 1 is 1.32 bits per heavy atom. The number of anilines is 2. The molecule has 1 aromatic rings. The van der Waals surface area contributed by atoms with Crippen LogP contribution >= 0.6 is 15.9 Å². The average Bonchev–Trinajstić information content (AvgIpc) is 2.98. The first-order valence-electron chi connectivity index (χ1n) is 7.36. The van der Waals surface area contributed by atoms with E-state index in [1.807, 2.05) is 6.07 Å². The van der Waals surface area contributed by atoms with Crippen molar-refractivity contribution < 1.29 is 0 Å². The molecule has 0 aliphatic heterocycles. The zero-order chi connectivity index (χ0) is 13.6.